The lowest BCUT2D eigenvalue weighted by Crippen LogP contribution is -2.43. The highest BCUT2D eigenvalue weighted by atomic mass is 16.5. The summed E-state index contributed by atoms with van der Waals surface area (Å²) in [5.74, 6) is 0.731. The predicted molar refractivity (Wildman–Crippen MR) is 74.4 cm³/mol. The molecule has 0 aliphatic rings. The topological polar surface area (TPSA) is 77.0 Å². The highest BCUT2D eigenvalue weighted by molar-refractivity contribution is 5.95. The third-order valence-corrected chi connectivity index (χ3v) is 2.70. The Kier molecular flexibility index (Phi) is 5.79. The zero-order chi connectivity index (χ0) is 15.2. The van der Waals surface area contributed by atoms with Crippen LogP contribution in [-0.2, 0) is 4.74 Å². The van der Waals surface area contributed by atoms with E-state index in [9.17, 15) is 9.90 Å². The number of methoxy groups -OCH3 is 3. The van der Waals surface area contributed by atoms with E-state index in [0.29, 0.717) is 17.1 Å². The van der Waals surface area contributed by atoms with Gasteiger partial charge in [-0.3, -0.25) is 4.79 Å². The molecule has 1 unspecified atom stereocenters. The minimum atomic E-state index is -1.12. The second-order valence-corrected chi connectivity index (χ2v) is 4.71. The Morgan fingerprint density at radius 2 is 1.75 bits per heavy atom. The molecule has 0 fully saturated rings. The van der Waals surface area contributed by atoms with Gasteiger partial charge in [0.05, 0.1) is 20.8 Å². The number of carbonyl (C=O) groups excluding carboxylic acids is 1. The van der Waals surface area contributed by atoms with Crippen molar-refractivity contribution in [3.8, 4) is 11.5 Å². The van der Waals surface area contributed by atoms with E-state index in [4.69, 9.17) is 14.2 Å². The first-order valence-corrected chi connectivity index (χ1v) is 6.14. The summed E-state index contributed by atoms with van der Waals surface area (Å²) < 4.78 is 15.1. The Balaban J connectivity index is 2.77. The van der Waals surface area contributed by atoms with Crippen molar-refractivity contribution in [2.75, 3.05) is 34.5 Å². The monoisotopic (exact) mass is 283 g/mol. The summed E-state index contributed by atoms with van der Waals surface area (Å²) in [6.45, 7) is 1.80. The minimum Gasteiger partial charge on any atom is -0.497 e. The Morgan fingerprint density at radius 1 is 1.20 bits per heavy atom. The van der Waals surface area contributed by atoms with E-state index in [0.717, 1.165) is 0 Å². The average molecular weight is 283 g/mol. The van der Waals surface area contributed by atoms with Crippen LogP contribution in [0.2, 0.25) is 0 Å². The van der Waals surface area contributed by atoms with Gasteiger partial charge in [0.2, 0.25) is 0 Å². The van der Waals surface area contributed by atoms with Crippen LogP contribution in [0.1, 0.15) is 17.3 Å². The molecule has 0 bridgehead atoms. The molecule has 1 amide bonds. The number of aliphatic hydroxyl groups is 1. The molecule has 6 nitrogen and oxygen atoms in total. The number of hydrogen-bond acceptors (Lipinski definition) is 5. The van der Waals surface area contributed by atoms with Gasteiger partial charge >= 0.3 is 0 Å². The van der Waals surface area contributed by atoms with E-state index in [1.807, 2.05) is 0 Å². The molecule has 1 rings (SSSR count). The lowest BCUT2D eigenvalue weighted by Gasteiger charge is -2.22. The van der Waals surface area contributed by atoms with Gasteiger partial charge in [0.25, 0.3) is 5.91 Å². The van der Waals surface area contributed by atoms with Gasteiger partial charge in [-0.2, -0.15) is 0 Å². The van der Waals surface area contributed by atoms with Gasteiger partial charge in [-0.05, 0) is 19.1 Å². The van der Waals surface area contributed by atoms with Gasteiger partial charge < -0.3 is 24.6 Å². The summed E-state index contributed by atoms with van der Waals surface area (Å²) in [5.41, 5.74) is -0.720. The van der Waals surface area contributed by atoms with Crippen LogP contribution in [0.5, 0.6) is 11.5 Å². The van der Waals surface area contributed by atoms with Gasteiger partial charge in [0, 0.05) is 25.3 Å². The lowest BCUT2D eigenvalue weighted by molar-refractivity contribution is -0.0147. The molecule has 112 valence electrons. The molecule has 1 aromatic carbocycles. The largest absolute Gasteiger partial charge is 0.497 e. The van der Waals surface area contributed by atoms with Crippen LogP contribution in [-0.4, -0.2) is 51.1 Å². The molecule has 0 aromatic heterocycles. The second kappa shape index (κ2) is 7.12. The maximum absolute atomic E-state index is 12.1. The third-order valence-electron chi connectivity index (χ3n) is 2.70. The maximum atomic E-state index is 12.1. The minimum absolute atomic E-state index is 0.0825. The predicted octanol–water partition coefficient (Wildman–Crippen LogP) is 0.831. The van der Waals surface area contributed by atoms with Crippen LogP contribution in [0.3, 0.4) is 0 Å². The van der Waals surface area contributed by atoms with E-state index in [1.54, 1.807) is 25.1 Å². The smallest absolute Gasteiger partial charge is 0.251 e. The van der Waals surface area contributed by atoms with Gasteiger partial charge in [-0.25, -0.2) is 0 Å². The van der Waals surface area contributed by atoms with Crippen LogP contribution in [0, 0.1) is 0 Å². The lowest BCUT2D eigenvalue weighted by atomic mass is 10.1. The zero-order valence-electron chi connectivity index (χ0n) is 12.2. The molecule has 0 heterocycles. The quantitative estimate of drug-likeness (QED) is 0.775. The summed E-state index contributed by atoms with van der Waals surface area (Å²) in [7, 11) is 4.52. The SMILES string of the molecule is COCC(C)(O)CNC(=O)c1cc(OC)cc(OC)c1. The number of ether oxygens (including phenoxy) is 3. The zero-order valence-corrected chi connectivity index (χ0v) is 12.2. The summed E-state index contributed by atoms with van der Waals surface area (Å²) in [6, 6.07) is 4.88. The summed E-state index contributed by atoms with van der Waals surface area (Å²) >= 11 is 0. The molecule has 1 aromatic rings. The number of nitrogens with one attached hydrogen (secondary N) is 1. The Morgan fingerprint density at radius 3 is 2.20 bits per heavy atom. The molecular weight excluding hydrogens is 262 g/mol. The highest BCUT2D eigenvalue weighted by Gasteiger charge is 2.21. The van der Waals surface area contributed by atoms with Crippen LogP contribution < -0.4 is 14.8 Å². The van der Waals surface area contributed by atoms with Crippen molar-refractivity contribution in [2.45, 2.75) is 12.5 Å². The van der Waals surface area contributed by atoms with E-state index < -0.39 is 5.60 Å². The molecule has 0 aliphatic carbocycles. The fourth-order valence-corrected chi connectivity index (χ4v) is 1.67. The Bertz CT molecular complexity index is 437. The fraction of sp³-hybridized carbons (Fsp3) is 0.500. The first-order chi connectivity index (χ1) is 9.41. The van der Waals surface area contributed by atoms with Crippen molar-refractivity contribution >= 4 is 5.91 Å². The van der Waals surface area contributed by atoms with Crippen molar-refractivity contribution < 1.29 is 24.1 Å². The average Bonchev–Trinajstić information content (AvgIpc) is 2.44. The highest BCUT2D eigenvalue weighted by Crippen LogP contribution is 2.22. The summed E-state index contributed by atoms with van der Waals surface area (Å²) in [6.07, 6.45) is 0. The number of amides is 1. The first kappa shape index (κ1) is 16.3. The number of carbonyl (C=O) groups is 1. The van der Waals surface area contributed by atoms with E-state index in [2.05, 4.69) is 5.32 Å². The van der Waals surface area contributed by atoms with Crippen molar-refractivity contribution in [1.29, 1.82) is 0 Å². The van der Waals surface area contributed by atoms with Crippen molar-refractivity contribution in [2.24, 2.45) is 0 Å². The second-order valence-electron chi connectivity index (χ2n) is 4.71. The van der Waals surface area contributed by atoms with Crippen molar-refractivity contribution in [3.63, 3.8) is 0 Å². The van der Waals surface area contributed by atoms with Crippen LogP contribution in [0.4, 0.5) is 0 Å². The summed E-state index contributed by atoms with van der Waals surface area (Å²) in [4.78, 5) is 12.1. The molecule has 0 spiro atoms. The number of benzene rings is 1. The molecule has 0 aliphatic heterocycles. The number of rotatable bonds is 7. The van der Waals surface area contributed by atoms with Gasteiger partial charge in [0.1, 0.15) is 17.1 Å². The van der Waals surface area contributed by atoms with Gasteiger partial charge in [0.15, 0.2) is 0 Å². The third kappa shape index (κ3) is 4.71. The van der Waals surface area contributed by atoms with E-state index in [1.165, 1.54) is 21.3 Å². The standard InChI is InChI=1S/C14H21NO5/c1-14(17,9-18-2)8-15-13(16)10-5-11(19-3)7-12(6-10)20-4/h5-7,17H,8-9H2,1-4H3,(H,15,16). The molecule has 2 N–H and O–H groups in total. The molecule has 0 saturated heterocycles. The normalized spacial score (nSPS) is 13.4. The van der Waals surface area contributed by atoms with Crippen molar-refractivity contribution in [3.05, 3.63) is 23.8 Å². The Hall–Kier alpha value is -1.79. The fourth-order valence-electron chi connectivity index (χ4n) is 1.67. The van der Waals surface area contributed by atoms with E-state index in [-0.39, 0.29) is 19.1 Å². The van der Waals surface area contributed by atoms with Gasteiger partial charge in [-0.1, -0.05) is 0 Å². The molecule has 1 atom stereocenters. The number of hydrogen-bond donors (Lipinski definition) is 2. The summed E-state index contributed by atoms with van der Waals surface area (Å²) in [5, 5.41) is 12.6. The first-order valence-electron chi connectivity index (χ1n) is 6.14. The van der Waals surface area contributed by atoms with Crippen molar-refractivity contribution in [1.82, 2.24) is 5.32 Å². The van der Waals surface area contributed by atoms with Crippen LogP contribution in [0.25, 0.3) is 0 Å². The maximum Gasteiger partial charge on any atom is 0.251 e. The molecule has 0 saturated carbocycles. The van der Waals surface area contributed by atoms with Gasteiger partial charge in [-0.15, -0.1) is 0 Å². The molecule has 6 heteroatoms. The van der Waals surface area contributed by atoms with Crippen LogP contribution >= 0.6 is 0 Å². The molecule has 0 radical (unpaired) electrons. The Labute approximate surface area is 118 Å². The van der Waals surface area contributed by atoms with Crippen LogP contribution in [0.15, 0.2) is 18.2 Å². The van der Waals surface area contributed by atoms with E-state index >= 15 is 0 Å². The molecule has 20 heavy (non-hydrogen) atoms. The molecular formula is C14H21NO5.